The Morgan fingerprint density at radius 2 is 2.17 bits per heavy atom. The van der Waals surface area contributed by atoms with E-state index in [-0.39, 0.29) is 12.0 Å². The second-order valence-electron chi connectivity index (χ2n) is 3.02. The maximum atomic E-state index is 10.7. The average molecular weight is 185 g/mol. The fraction of sp³-hybridized carbons (Fsp3) is 0.750. The molecule has 1 fully saturated rings. The highest BCUT2D eigenvalue weighted by Gasteiger charge is 2.30. The van der Waals surface area contributed by atoms with Crippen molar-refractivity contribution in [2.45, 2.75) is 31.7 Å². The largest absolute Gasteiger partial charge is 0.481 e. The third kappa shape index (κ3) is 2.13. The van der Waals surface area contributed by atoms with Crippen LogP contribution in [-0.4, -0.2) is 22.3 Å². The molecule has 0 aromatic rings. The number of carboxylic acids is 1. The molecule has 1 aliphatic carbocycles. The topological polar surface area (TPSA) is 49.7 Å². The first-order valence-electron chi connectivity index (χ1n) is 4.05. The fourth-order valence-electron chi connectivity index (χ4n) is 1.62. The van der Waals surface area contributed by atoms with Crippen molar-refractivity contribution in [1.29, 1.82) is 0 Å². The summed E-state index contributed by atoms with van der Waals surface area (Å²) in [6, 6.07) is -0.131. The molecule has 0 aromatic carbocycles. The van der Waals surface area contributed by atoms with Crippen molar-refractivity contribution < 1.29 is 9.90 Å². The predicted molar refractivity (Wildman–Crippen MR) is 48.4 cm³/mol. The molecule has 0 aliphatic heterocycles. The Morgan fingerprint density at radius 3 is 2.75 bits per heavy atom. The summed E-state index contributed by atoms with van der Waals surface area (Å²) in [4.78, 5) is 14.6. The lowest BCUT2D eigenvalue weighted by Gasteiger charge is -2.23. The van der Waals surface area contributed by atoms with Gasteiger partial charge < -0.3 is 5.11 Å². The summed E-state index contributed by atoms with van der Waals surface area (Å²) in [7, 11) is 0. The summed E-state index contributed by atoms with van der Waals surface area (Å²) in [6.07, 6.45) is 3.59. The van der Waals surface area contributed by atoms with Gasteiger partial charge in [0.2, 0.25) is 0 Å². The Kier molecular flexibility index (Phi) is 3.38. The van der Waals surface area contributed by atoms with Crippen molar-refractivity contribution in [3.05, 3.63) is 0 Å². The highest BCUT2D eigenvalue weighted by atomic mass is 32.1. The molecule has 2 unspecified atom stereocenters. The molecule has 1 aliphatic rings. The summed E-state index contributed by atoms with van der Waals surface area (Å²) < 4.78 is 0. The molecule has 2 atom stereocenters. The van der Waals surface area contributed by atoms with Crippen molar-refractivity contribution in [3.8, 4) is 0 Å². The molecule has 0 spiro atoms. The van der Waals surface area contributed by atoms with Gasteiger partial charge in [-0.05, 0) is 25.1 Å². The molecule has 1 saturated carbocycles. The monoisotopic (exact) mass is 185 g/mol. The Balaban J connectivity index is 2.66. The zero-order valence-electron chi connectivity index (χ0n) is 6.69. The van der Waals surface area contributed by atoms with Crippen molar-refractivity contribution in [3.63, 3.8) is 0 Å². The maximum Gasteiger partial charge on any atom is 0.308 e. The predicted octanol–water partition coefficient (Wildman–Crippen LogP) is 1.73. The van der Waals surface area contributed by atoms with Crippen LogP contribution >= 0.6 is 12.2 Å². The van der Waals surface area contributed by atoms with Crippen LogP contribution in [0.3, 0.4) is 0 Å². The van der Waals surface area contributed by atoms with Crippen LogP contribution in [0.4, 0.5) is 0 Å². The molecular formula is C8H11NO2S. The third-order valence-corrected chi connectivity index (χ3v) is 2.37. The molecule has 0 radical (unpaired) electrons. The molecule has 0 saturated heterocycles. The zero-order valence-corrected chi connectivity index (χ0v) is 7.51. The van der Waals surface area contributed by atoms with Crippen LogP contribution in [0, 0.1) is 5.92 Å². The van der Waals surface area contributed by atoms with E-state index in [1.165, 1.54) is 0 Å². The van der Waals surface area contributed by atoms with E-state index in [0.717, 1.165) is 25.7 Å². The molecule has 3 nitrogen and oxygen atoms in total. The number of isothiocyanates is 1. The first kappa shape index (κ1) is 9.36. The quantitative estimate of drug-likeness (QED) is 0.526. The average Bonchev–Trinajstić information content (AvgIpc) is 2.05. The Hall–Kier alpha value is -0.730. The van der Waals surface area contributed by atoms with E-state index in [1.807, 2.05) is 0 Å². The molecule has 0 bridgehead atoms. The number of rotatable bonds is 2. The van der Waals surface area contributed by atoms with Crippen LogP contribution in [0.15, 0.2) is 4.99 Å². The van der Waals surface area contributed by atoms with E-state index in [9.17, 15) is 4.79 Å². The molecule has 66 valence electrons. The van der Waals surface area contributed by atoms with Crippen LogP contribution in [-0.2, 0) is 4.79 Å². The summed E-state index contributed by atoms with van der Waals surface area (Å²) in [6.45, 7) is 0. The van der Waals surface area contributed by atoms with Gasteiger partial charge in [-0.25, -0.2) is 4.99 Å². The van der Waals surface area contributed by atoms with Gasteiger partial charge in [0.1, 0.15) is 0 Å². The number of carboxylic acid groups (broad SMARTS) is 1. The second kappa shape index (κ2) is 4.33. The van der Waals surface area contributed by atoms with Crippen LogP contribution in [0.5, 0.6) is 0 Å². The second-order valence-corrected chi connectivity index (χ2v) is 3.20. The normalized spacial score (nSPS) is 29.0. The molecule has 1 N–H and O–H groups in total. The zero-order chi connectivity index (χ0) is 8.97. The number of hydrogen-bond acceptors (Lipinski definition) is 3. The SMILES string of the molecule is O=C(O)C1CCCCC1N=C=S. The van der Waals surface area contributed by atoms with Gasteiger partial charge in [-0.3, -0.25) is 4.79 Å². The van der Waals surface area contributed by atoms with Gasteiger partial charge >= 0.3 is 5.97 Å². The first-order chi connectivity index (χ1) is 5.75. The van der Waals surface area contributed by atoms with E-state index < -0.39 is 5.97 Å². The third-order valence-electron chi connectivity index (χ3n) is 2.27. The molecule has 0 aromatic heterocycles. The summed E-state index contributed by atoms with van der Waals surface area (Å²) in [5, 5.41) is 11.1. The van der Waals surface area contributed by atoms with Gasteiger partial charge in [0.15, 0.2) is 0 Å². The Labute approximate surface area is 76.5 Å². The number of hydrogen-bond donors (Lipinski definition) is 1. The van der Waals surface area contributed by atoms with E-state index >= 15 is 0 Å². The minimum absolute atomic E-state index is 0.131. The number of aliphatic imine (C=N–C) groups is 1. The van der Waals surface area contributed by atoms with Crippen LogP contribution in [0.25, 0.3) is 0 Å². The van der Waals surface area contributed by atoms with Gasteiger partial charge in [-0.2, -0.15) is 0 Å². The Morgan fingerprint density at radius 1 is 1.50 bits per heavy atom. The number of nitrogens with zero attached hydrogens (tertiary/aromatic N) is 1. The fourth-order valence-corrected chi connectivity index (χ4v) is 1.76. The van der Waals surface area contributed by atoms with E-state index in [4.69, 9.17) is 5.11 Å². The smallest absolute Gasteiger partial charge is 0.308 e. The number of thiocarbonyl (C=S) groups is 1. The lowest BCUT2D eigenvalue weighted by atomic mass is 9.85. The lowest BCUT2D eigenvalue weighted by molar-refractivity contribution is -0.143. The minimum atomic E-state index is -0.756. The van der Waals surface area contributed by atoms with E-state index in [0.29, 0.717) is 0 Å². The lowest BCUT2D eigenvalue weighted by Crippen LogP contribution is -2.29. The number of carbonyl (C=O) groups is 1. The van der Waals surface area contributed by atoms with Gasteiger partial charge in [0.05, 0.1) is 17.1 Å². The summed E-state index contributed by atoms with van der Waals surface area (Å²) in [5.74, 6) is -1.09. The number of aliphatic carboxylic acids is 1. The van der Waals surface area contributed by atoms with Crippen LogP contribution < -0.4 is 0 Å². The molecule has 12 heavy (non-hydrogen) atoms. The van der Waals surface area contributed by atoms with E-state index in [2.05, 4.69) is 22.4 Å². The maximum absolute atomic E-state index is 10.7. The van der Waals surface area contributed by atoms with Gasteiger partial charge in [-0.1, -0.05) is 12.8 Å². The standard InChI is InChI=1S/C8H11NO2S/c10-8(11)6-3-1-2-4-7(6)9-5-12/h6-7H,1-4H2,(H,10,11). The molecule has 0 amide bonds. The van der Waals surface area contributed by atoms with Crippen LogP contribution in [0.1, 0.15) is 25.7 Å². The molecular weight excluding hydrogens is 174 g/mol. The molecule has 1 rings (SSSR count). The summed E-state index contributed by atoms with van der Waals surface area (Å²) >= 11 is 4.46. The minimum Gasteiger partial charge on any atom is -0.481 e. The molecule has 0 heterocycles. The highest BCUT2D eigenvalue weighted by molar-refractivity contribution is 7.78. The summed E-state index contributed by atoms with van der Waals surface area (Å²) in [5.41, 5.74) is 0. The van der Waals surface area contributed by atoms with Gasteiger partial charge in [-0.15, -0.1) is 0 Å². The van der Waals surface area contributed by atoms with Gasteiger partial charge in [0.25, 0.3) is 0 Å². The first-order valence-corrected chi connectivity index (χ1v) is 4.46. The molecule has 4 heteroatoms. The van der Waals surface area contributed by atoms with Crippen molar-refractivity contribution >= 4 is 23.3 Å². The van der Waals surface area contributed by atoms with E-state index in [1.54, 1.807) is 0 Å². The van der Waals surface area contributed by atoms with Crippen molar-refractivity contribution in [2.75, 3.05) is 0 Å². The van der Waals surface area contributed by atoms with Crippen molar-refractivity contribution in [2.24, 2.45) is 10.9 Å². The highest BCUT2D eigenvalue weighted by Crippen LogP contribution is 2.26. The Bertz CT molecular complexity index is 213. The van der Waals surface area contributed by atoms with Crippen LogP contribution in [0.2, 0.25) is 0 Å². The van der Waals surface area contributed by atoms with Crippen molar-refractivity contribution in [1.82, 2.24) is 0 Å². The van der Waals surface area contributed by atoms with Gasteiger partial charge in [0, 0.05) is 0 Å².